The van der Waals surface area contributed by atoms with Gasteiger partial charge in [0.2, 0.25) is 0 Å². The molecule has 0 atom stereocenters. The molecule has 78 valence electrons. The van der Waals surface area contributed by atoms with E-state index in [1.54, 1.807) is 12.3 Å². The molecule has 0 N–H and O–H groups in total. The average Bonchev–Trinajstić information content (AvgIpc) is 2.20. The summed E-state index contributed by atoms with van der Waals surface area (Å²) in [6.45, 7) is 17.8. The minimum atomic E-state index is 1.05. The third-order valence-corrected chi connectivity index (χ3v) is 1.59. The molecule has 0 aliphatic carbocycles. The lowest BCUT2D eigenvalue weighted by molar-refractivity contribution is 1.19. The van der Waals surface area contributed by atoms with Gasteiger partial charge < -0.3 is 0 Å². The smallest absolute Gasteiger partial charge is 0.0641 e. The molecule has 0 saturated heterocycles. The topological polar surface area (TPSA) is 12.4 Å². The molecule has 0 aliphatic heterocycles. The molecule has 0 bridgehead atoms. The minimum Gasteiger partial charge on any atom is -0.257 e. The highest BCUT2D eigenvalue weighted by atomic mass is 14.7. The van der Waals surface area contributed by atoms with Gasteiger partial charge in [-0.15, -0.1) is 13.2 Å². The van der Waals surface area contributed by atoms with Crippen LogP contribution in [0.1, 0.15) is 27.7 Å². The van der Waals surface area contributed by atoms with Crippen molar-refractivity contribution < 1.29 is 0 Å². The fourth-order valence-corrected chi connectivity index (χ4v) is 0.889. The van der Waals surface area contributed by atoms with Crippen LogP contribution in [0.15, 0.2) is 53.7 Å². The van der Waals surface area contributed by atoms with E-state index in [-0.39, 0.29) is 0 Å². The van der Waals surface area contributed by atoms with E-state index in [1.165, 1.54) is 11.1 Å². The zero-order valence-electron chi connectivity index (χ0n) is 9.80. The molecule has 0 rings (SSSR count). The number of rotatable bonds is 3. The molecule has 0 saturated carbocycles. The van der Waals surface area contributed by atoms with Crippen LogP contribution in [0.25, 0.3) is 0 Å². The summed E-state index contributed by atoms with van der Waals surface area (Å²) in [5, 5.41) is 0. The maximum absolute atomic E-state index is 4.28. The Morgan fingerprint density at radius 3 is 1.93 bits per heavy atom. The molecule has 0 aromatic rings. The second-order valence-electron chi connectivity index (χ2n) is 2.83. The van der Waals surface area contributed by atoms with Gasteiger partial charge in [-0.1, -0.05) is 24.3 Å². The molecule has 0 radical (unpaired) electrons. The van der Waals surface area contributed by atoms with Gasteiger partial charge in [0.15, 0.2) is 0 Å². The summed E-state index contributed by atoms with van der Waals surface area (Å²) in [5.41, 5.74) is 3.48. The quantitative estimate of drug-likeness (QED) is 0.358. The van der Waals surface area contributed by atoms with Gasteiger partial charge >= 0.3 is 0 Å². The van der Waals surface area contributed by atoms with Crippen LogP contribution in [0.4, 0.5) is 0 Å². The van der Waals surface area contributed by atoms with Crippen LogP contribution in [-0.4, -0.2) is 6.21 Å². The molecule has 0 amide bonds. The van der Waals surface area contributed by atoms with E-state index in [9.17, 15) is 0 Å². The van der Waals surface area contributed by atoms with Crippen LogP contribution < -0.4 is 0 Å². The first-order chi connectivity index (χ1) is 6.63. The Labute approximate surface area is 88.3 Å². The first-order valence-electron chi connectivity index (χ1n) is 4.59. The van der Waals surface area contributed by atoms with Gasteiger partial charge in [-0.05, 0) is 33.3 Å². The van der Waals surface area contributed by atoms with Crippen molar-refractivity contribution in [3.05, 3.63) is 48.7 Å². The van der Waals surface area contributed by atoms with Crippen LogP contribution >= 0.6 is 0 Å². The first kappa shape index (κ1) is 15.1. The average molecular weight is 191 g/mol. The van der Waals surface area contributed by atoms with Crippen LogP contribution in [-0.2, 0) is 0 Å². The molecule has 0 aromatic carbocycles. The highest BCUT2D eigenvalue weighted by Crippen LogP contribution is 2.14. The number of nitrogens with zero attached hydrogens (tertiary/aromatic N) is 1. The van der Waals surface area contributed by atoms with Crippen molar-refractivity contribution in [1.82, 2.24) is 0 Å². The maximum atomic E-state index is 4.28. The largest absolute Gasteiger partial charge is 0.257 e. The van der Waals surface area contributed by atoms with Gasteiger partial charge in [0.1, 0.15) is 0 Å². The molecule has 0 unspecified atom stereocenters. The van der Waals surface area contributed by atoms with Gasteiger partial charge in [-0.3, -0.25) is 4.99 Å². The Kier molecular flexibility index (Phi) is 10.5. The van der Waals surface area contributed by atoms with Gasteiger partial charge in [-0.25, -0.2) is 0 Å². The third kappa shape index (κ3) is 6.18. The number of aliphatic imine (C=N–C) groups is 1. The molecule has 0 heterocycles. The van der Waals surface area contributed by atoms with Gasteiger partial charge in [0.25, 0.3) is 0 Å². The van der Waals surface area contributed by atoms with Crippen molar-refractivity contribution in [3.8, 4) is 0 Å². The lowest BCUT2D eigenvalue weighted by Crippen LogP contribution is -1.85. The van der Waals surface area contributed by atoms with E-state index in [4.69, 9.17) is 0 Å². The van der Waals surface area contributed by atoms with Crippen LogP contribution in [0.3, 0.4) is 0 Å². The van der Waals surface area contributed by atoms with E-state index in [1.807, 2.05) is 6.92 Å². The fourth-order valence-electron chi connectivity index (χ4n) is 0.889. The molecular weight excluding hydrogens is 170 g/mol. The first-order valence-corrected chi connectivity index (χ1v) is 4.59. The summed E-state index contributed by atoms with van der Waals surface area (Å²) >= 11 is 0. The van der Waals surface area contributed by atoms with Crippen molar-refractivity contribution >= 4 is 6.21 Å². The molecular formula is C13H21N. The second kappa shape index (κ2) is 9.72. The second-order valence-corrected chi connectivity index (χ2v) is 2.83. The molecule has 0 spiro atoms. The third-order valence-electron chi connectivity index (χ3n) is 1.59. The Morgan fingerprint density at radius 2 is 1.64 bits per heavy atom. The summed E-state index contributed by atoms with van der Waals surface area (Å²) in [5.74, 6) is 0. The fraction of sp³-hybridized carbons (Fsp3) is 0.308. The maximum Gasteiger partial charge on any atom is 0.0641 e. The van der Waals surface area contributed by atoms with E-state index in [0.29, 0.717) is 0 Å². The molecule has 0 fully saturated rings. The number of allylic oxidation sites excluding steroid dienone is 4. The number of hydrogen-bond acceptors (Lipinski definition) is 1. The molecule has 1 heteroatoms. The van der Waals surface area contributed by atoms with E-state index in [2.05, 4.69) is 51.6 Å². The van der Waals surface area contributed by atoms with Crippen molar-refractivity contribution in [2.45, 2.75) is 27.7 Å². The van der Waals surface area contributed by atoms with Crippen LogP contribution in [0.2, 0.25) is 0 Å². The predicted octanol–water partition coefficient (Wildman–Crippen LogP) is 4.31. The zero-order valence-corrected chi connectivity index (χ0v) is 9.80. The zero-order chi connectivity index (χ0) is 11.6. The van der Waals surface area contributed by atoms with Gasteiger partial charge in [-0.2, -0.15) is 0 Å². The van der Waals surface area contributed by atoms with Gasteiger partial charge in [0.05, 0.1) is 5.70 Å². The SMILES string of the molecule is C=C.C=CC=NC(=C(C)C)/C(C)=C\C. The van der Waals surface area contributed by atoms with E-state index in [0.717, 1.165) is 5.70 Å². The summed E-state index contributed by atoms with van der Waals surface area (Å²) in [4.78, 5) is 4.28. The van der Waals surface area contributed by atoms with Crippen LogP contribution in [0, 0.1) is 0 Å². The molecule has 14 heavy (non-hydrogen) atoms. The lowest BCUT2D eigenvalue weighted by Gasteiger charge is -2.02. The van der Waals surface area contributed by atoms with Crippen molar-refractivity contribution in [2.75, 3.05) is 0 Å². The van der Waals surface area contributed by atoms with Crippen LogP contribution in [0.5, 0.6) is 0 Å². The van der Waals surface area contributed by atoms with Crippen molar-refractivity contribution in [3.63, 3.8) is 0 Å². The van der Waals surface area contributed by atoms with E-state index >= 15 is 0 Å². The highest BCUT2D eigenvalue weighted by molar-refractivity contribution is 5.72. The Bertz CT molecular complexity index is 250. The molecule has 1 nitrogen and oxygen atoms in total. The summed E-state index contributed by atoms with van der Waals surface area (Å²) in [7, 11) is 0. The summed E-state index contributed by atoms with van der Waals surface area (Å²) < 4.78 is 0. The normalized spacial score (nSPS) is 10.4. The summed E-state index contributed by atoms with van der Waals surface area (Å²) in [6, 6.07) is 0. The number of hydrogen-bond donors (Lipinski definition) is 0. The lowest BCUT2D eigenvalue weighted by atomic mass is 10.1. The molecule has 0 aliphatic rings. The standard InChI is InChI=1S/C11H17N.C2H4/c1-6-8-12-11(9(3)4)10(5)7-2;1-2/h6-8H,1H2,2-5H3;1-2H2/b10-7-,12-8?;. The van der Waals surface area contributed by atoms with E-state index < -0.39 is 0 Å². The van der Waals surface area contributed by atoms with Crippen molar-refractivity contribution in [1.29, 1.82) is 0 Å². The highest BCUT2D eigenvalue weighted by Gasteiger charge is 1.96. The Morgan fingerprint density at radius 1 is 1.14 bits per heavy atom. The minimum absolute atomic E-state index is 1.05. The Balaban J connectivity index is 0. The predicted molar refractivity (Wildman–Crippen MR) is 67.7 cm³/mol. The Hall–Kier alpha value is -1.37. The van der Waals surface area contributed by atoms with Crippen molar-refractivity contribution in [2.24, 2.45) is 4.99 Å². The molecule has 0 aromatic heterocycles. The summed E-state index contributed by atoms with van der Waals surface area (Å²) in [6.07, 6.45) is 5.46. The van der Waals surface area contributed by atoms with Gasteiger partial charge in [0, 0.05) is 6.21 Å². The monoisotopic (exact) mass is 191 g/mol.